The van der Waals surface area contributed by atoms with Crippen LogP contribution in [0.25, 0.3) is 0 Å². The Morgan fingerprint density at radius 2 is 1.77 bits per heavy atom. The highest BCUT2D eigenvalue weighted by atomic mass is 16.1. The van der Waals surface area contributed by atoms with Crippen LogP contribution in [0.3, 0.4) is 0 Å². The average Bonchev–Trinajstić information content (AvgIpc) is 2.50. The lowest BCUT2D eigenvalue weighted by atomic mass is 10.2. The molecule has 0 radical (unpaired) electrons. The first kappa shape index (κ1) is 15.8. The van der Waals surface area contributed by atoms with Crippen molar-refractivity contribution in [2.24, 2.45) is 0 Å². The van der Waals surface area contributed by atoms with Crippen LogP contribution in [0.1, 0.15) is 19.8 Å². The summed E-state index contributed by atoms with van der Waals surface area (Å²) in [6.07, 6.45) is 3.02. The zero-order valence-electron chi connectivity index (χ0n) is 13.3. The number of benzene rings is 1. The second-order valence-electron chi connectivity index (χ2n) is 5.30. The van der Waals surface area contributed by atoms with E-state index in [0.29, 0.717) is 12.1 Å². The Morgan fingerprint density at radius 1 is 1.09 bits per heavy atom. The molecule has 1 amide bonds. The Labute approximate surface area is 131 Å². The van der Waals surface area contributed by atoms with Gasteiger partial charge in [0.05, 0.1) is 11.9 Å². The summed E-state index contributed by atoms with van der Waals surface area (Å²) < 4.78 is 0. The summed E-state index contributed by atoms with van der Waals surface area (Å²) in [6.45, 7) is 1.98. The Balaban J connectivity index is 1.97. The van der Waals surface area contributed by atoms with Gasteiger partial charge in [-0.3, -0.25) is 4.79 Å². The largest absolute Gasteiger partial charge is 0.378 e. The van der Waals surface area contributed by atoms with Gasteiger partial charge in [-0.25, -0.2) is 4.98 Å². The molecule has 0 aliphatic carbocycles. The number of pyridine rings is 1. The number of hydrogen-bond acceptors (Lipinski definition) is 4. The van der Waals surface area contributed by atoms with E-state index in [0.717, 1.165) is 23.6 Å². The number of anilines is 4. The van der Waals surface area contributed by atoms with Crippen molar-refractivity contribution in [1.82, 2.24) is 4.98 Å². The Kier molecular flexibility index (Phi) is 5.36. The van der Waals surface area contributed by atoms with Crippen LogP contribution < -0.4 is 15.5 Å². The van der Waals surface area contributed by atoms with Crippen LogP contribution >= 0.6 is 0 Å². The maximum atomic E-state index is 11.5. The van der Waals surface area contributed by atoms with Crippen LogP contribution in [0.5, 0.6) is 0 Å². The second kappa shape index (κ2) is 7.45. The van der Waals surface area contributed by atoms with E-state index in [1.54, 1.807) is 6.20 Å². The van der Waals surface area contributed by atoms with Gasteiger partial charge < -0.3 is 15.5 Å². The molecule has 0 bridgehead atoms. The van der Waals surface area contributed by atoms with E-state index < -0.39 is 0 Å². The lowest BCUT2D eigenvalue weighted by Crippen LogP contribution is -2.10. The molecule has 0 spiro atoms. The molecule has 2 N–H and O–H groups in total. The fourth-order valence-corrected chi connectivity index (χ4v) is 1.98. The van der Waals surface area contributed by atoms with Gasteiger partial charge in [0.25, 0.3) is 0 Å². The molecule has 0 fully saturated rings. The Hall–Kier alpha value is -2.56. The number of nitrogens with zero attached hydrogens (tertiary/aromatic N) is 2. The van der Waals surface area contributed by atoms with Crippen molar-refractivity contribution in [2.75, 3.05) is 29.6 Å². The van der Waals surface area contributed by atoms with Crippen molar-refractivity contribution in [2.45, 2.75) is 19.8 Å². The van der Waals surface area contributed by atoms with Crippen LogP contribution in [-0.2, 0) is 4.79 Å². The standard InChI is InChI=1S/C17H22N4O/c1-4-5-17(22)20-14-8-11-16(18-12-14)19-13-6-9-15(10-7-13)21(2)3/h6-12H,4-5H2,1-3H3,(H,18,19)(H,20,22). The van der Waals surface area contributed by atoms with E-state index in [1.165, 1.54) is 0 Å². The van der Waals surface area contributed by atoms with Gasteiger partial charge in [0.15, 0.2) is 0 Å². The molecule has 0 atom stereocenters. The number of carbonyl (C=O) groups is 1. The van der Waals surface area contributed by atoms with Gasteiger partial charge >= 0.3 is 0 Å². The van der Waals surface area contributed by atoms with E-state index in [9.17, 15) is 4.79 Å². The van der Waals surface area contributed by atoms with E-state index in [4.69, 9.17) is 0 Å². The lowest BCUT2D eigenvalue weighted by molar-refractivity contribution is -0.116. The average molecular weight is 298 g/mol. The summed E-state index contributed by atoms with van der Waals surface area (Å²) in [5, 5.41) is 6.05. The third-order valence-electron chi connectivity index (χ3n) is 3.18. The molecular formula is C17H22N4O. The molecule has 5 nitrogen and oxygen atoms in total. The number of hydrogen-bond donors (Lipinski definition) is 2. The molecule has 0 aliphatic rings. The predicted molar refractivity (Wildman–Crippen MR) is 91.8 cm³/mol. The fourth-order valence-electron chi connectivity index (χ4n) is 1.98. The molecule has 0 unspecified atom stereocenters. The quantitative estimate of drug-likeness (QED) is 0.855. The Bertz CT molecular complexity index is 606. The molecule has 22 heavy (non-hydrogen) atoms. The van der Waals surface area contributed by atoms with Gasteiger partial charge in [-0.1, -0.05) is 6.92 Å². The topological polar surface area (TPSA) is 57.3 Å². The first-order chi connectivity index (χ1) is 10.6. The van der Waals surface area contributed by atoms with Crippen molar-refractivity contribution in [3.8, 4) is 0 Å². The Morgan fingerprint density at radius 3 is 2.32 bits per heavy atom. The number of amides is 1. The fraction of sp³-hybridized carbons (Fsp3) is 0.294. The van der Waals surface area contributed by atoms with E-state index in [1.807, 2.05) is 57.4 Å². The number of nitrogens with one attached hydrogen (secondary N) is 2. The van der Waals surface area contributed by atoms with Crippen LogP contribution in [0.15, 0.2) is 42.6 Å². The minimum atomic E-state index is 0.0179. The summed E-state index contributed by atoms with van der Waals surface area (Å²) in [6, 6.07) is 11.8. The van der Waals surface area contributed by atoms with Gasteiger partial charge in [-0.15, -0.1) is 0 Å². The normalized spacial score (nSPS) is 10.1. The first-order valence-corrected chi connectivity index (χ1v) is 7.39. The smallest absolute Gasteiger partial charge is 0.224 e. The zero-order chi connectivity index (χ0) is 15.9. The molecule has 0 saturated heterocycles. The van der Waals surface area contributed by atoms with Crippen LogP contribution in [0.4, 0.5) is 22.9 Å². The van der Waals surface area contributed by atoms with Crippen molar-refractivity contribution < 1.29 is 4.79 Å². The highest BCUT2D eigenvalue weighted by Crippen LogP contribution is 2.19. The molecule has 0 aliphatic heterocycles. The first-order valence-electron chi connectivity index (χ1n) is 7.39. The number of rotatable bonds is 6. The van der Waals surface area contributed by atoms with Crippen molar-refractivity contribution in [3.63, 3.8) is 0 Å². The minimum absolute atomic E-state index is 0.0179. The molecule has 5 heteroatoms. The summed E-state index contributed by atoms with van der Waals surface area (Å²) >= 11 is 0. The van der Waals surface area contributed by atoms with E-state index >= 15 is 0 Å². The lowest BCUT2D eigenvalue weighted by Gasteiger charge is -2.13. The monoisotopic (exact) mass is 298 g/mol. The van der Waals surface area contributed by atoms with Gasteiger partial charge in [0.1, 0.15) is 5.82 Å². The number of aromatic nitrogens is 1. The highest BCUT2D eigenvalue weighted by molar-refractivity contribution is 5.90. The molecule has 1 heterocycles. The van der Waals surface area contributed by atoms with Crippen molar-refractivity contribution >= 4 is 28.8 Å². The number of carbonyl (C=O) groups excluding carboxylic acids is 1. The van der Waals surface area contributed by atoms with Crippen LogP contribution in [0, 0.1) is 0 Å². The van der Waals surface area contributed by atoms with Gasteiger partial charge in [0, 0.05) is 31.9 Å². The van der Waals surface area contributed by atoms with Gasteiger partial charge in [0.2, 0.25) is 5.91 Å². The molecular weight excluding hydrogens is 276 g/mol. The summed E-state index contributed by atoms with van der Waals surface area (Å²) in [4.78, 5) is 17.9. The van der Waals surface area contributed by atoms with Crippen molar-refractivity contribution in [1.29, 1.82) is 0 Å². The maximum Gasteiger partial charge on any atom is 0.224 e. The van der Waals surface area contributed by atoms with Gasteiger partial charge in [-0.05, 0) is 42.8 Å². The molecule has 0 saturated carbocycles. The van der Waals surface area contributed by atoms with Crippen LogP contribution in [0.2, 0.25) is 0 Å². The predicted octanol–water partition coefficient (Wildman–Crippen LogP) is 3.63. The van der Waals surface area contributed by atoms with Gasteiger partial charge in [-0.2, -0.15) is 0 Å². The van der Waals surface area contributed by atoms with E-state index in [2.05, 4.69) is 20.5 Å². The molecule has 1 aromatic carbocycles. The molecule has 116 valence electrons. The summed E-state index contributed by atoms with van der Waals surface area (Å²) in [5.74, 6) is 0.760. The van der Waals surface area contributed by atoms with E-state index in [-0.39, 0.29) is 5.91 Å². The third kappa shape index (κ3) is 4.48. The second-order valence-corrected chi connectivity index (χ2v) is 5.30. The van der Waals surface area contributed by atoms with Crippen molar-refractivity contribution in [3.05, 3.63) is 42.6 Å². The summed E-state index contributed by atoms with van der Waals surface area (Å²) in [7, 11) is 4.02. The summed E-state index contributed by atoms with van der Waals surface area (Å²) in [5.41, 5.74) is 2.83. The highest BCUT2D eigenvalue weighted by Gasteiger charge is 2.02. The van der Waals surface area contributed by atoms with Crippen LogP contribution in [-0.4, -0.2) is 25.0 Å². The molecule has 2 rings (SSSR count). The minimum Gasteiger partial charge on any atom is -0.378 e. The SMILES string of the molecule is CCCC(=O)Nc1ccc(Nc2ccc(N(C)C)cc2)nc1. The zero-order valence-corrected chi connectivity index (χ0v) is 13.3. The molecule has 2 aromatic rings. The maximum absolute atomic E-state index is 11.5. The molecule has 1 aromatic heterocycles. The third-order valence-corrected chi connectivity index (χ3v) is 3.18.